The van der Waals surface area contributed by atoms with Gasteiger partial charge in [0, 0.05) is 6.42 Å². The van der Waals surface area contributed by atoms with Crippen LogP contribution in [0.25, 0.3) is 0 Å². The molecule has 11 heavy (non-hydrogen) atoms. The zero-order chi connectivity index (χ0) is 8.48. The van der Waals surface area contributed by atoms with Crippen LogP contribution in [0.1, 0.15) is 27.2 Å². The van der Waals surface area contributed by atoms with Gasteiger partial charge >= 0.3 is 0 Å². The molecule has 1 unspecified atom stereocenters. The number of aliphatic imine (C=N–C) groups is 1. The monoisotopic (exact) mass is 169 g/mol. The molecule has 0 spiro atoms. The van der Waals surface area contributed by atoms with Gasteiger partial charge in [0.2, 0.25) is 0 Å². The second-order valence-electron chi connectivity index (χ2n) is 3.17. The fraction of sp³-hybridized carbons (Fsp3) is 0.667. The van der Waals surface area contributed by atoms with Gasteiger partial charge in [0.1, 0.15) is 0 Å². The Balaban J connectivity index is 2.54. The van der Waals surface area contributed by atoms with Crippen molar-refractivity contribution in [2.45, 2.75) is 32.7 Å². The molecule has 0 aliphatic carbocycles. The highest BCUT2D eigenvalue weighted by atomic mass is 32.2. The van der Waals surface area contributed by atoms with Gasteiger partial charge in [-0.25, -0.2) is 0 Å². The zero-order valence-corrected chi connectivity index (χ0v) is 8.29. The van der Waals surface area contributed by atoms with E-state index in [0.717, 1.165) is 12.2 Å². The molecule has 0 fully saturated rings. The second kappa shape index (κ2) is 3.02. The Bertz CT molecular complexity index is 208. The SMILES string of the molecule is C=C(C)C1(C)CC(SCC)=N1. The van der Waals surface area contributed by atoms with E-state index in [4.69, 9.17) is 0 Å². The lowest BCUT2D eigenvalue weighted by Crippen LogP contribution is -2.35. The summed E-state index contributed by atoms with van der Waals surface area (Å²) in [6.07, 6.45) is 1.10. The van der Waals surface area contributed by atoms with Crippen LogP contribution in [-0.4, -0.2) is 16.3 Å². The van der Waals surface area contributed by atoms with Crippen molar-refractivity contribution in [1.82, 2.24) is 0 Å². The molecule has 1 rings (SSSR count). The Morgan fingerprint density at radius 3 is 2.73 bits per heavy atom. The average Bonchev–Trinajstić information content (AvgIpc) is 1.84. The van der Waals surface area contributed by atoms with E-state index in [1.165, 1.54) is 10.6 Å². The molecule has 62 valence electrons. The summed E-state index contributed by atoms with van der Waals surface area (Å²) in [5, 5.41) is 1.29. The third-order valence-electron chi connectivity index (χ3n) is 2.10. The second-order valence-corrected chi connectivity index (χ2v) is 4.51. The largest absolute Gasteiger partial charge is 0.272 e. The van der Waals surface area contributed by atoms with Gasteiger partial charge in [-0.15, -0.1) is 11.8 Å². The summed E-state index contributed by atoms with van der Waals surface area (Å²) >= 11 is 1.85. The minimum absolute atomic E-state index is 0.0670. The number of hydrogen-bond donors (Lipinski definition) is 0. The molecule has 0 aromatic carbocycles. The van der Waals surface area contributed by atoms with Gasteiger partial charge < -0.3 is 0 Å². The maximum absolute atomic E-state index is 4.52. The first-order valence-electron chi connectivity index (χ1n) is 3.96. The maximum atomic E-state index is 4.52. The molecule has 1 nitrogen and oxygen atoms in total. The van der Waals surface area contributed by atoms with Crippen LogP contribution < -0.4 is 0 Å². The molecule has 0 N–H and O–H groups in total. The molecule has 1 aliphatic rings. The van der Waals surface area contributed by atoms with Gasteiger partial charge in [-0.2, -0.15) is 0 Å². The number of thioether (sulfide) groups is 1. The standard InChI is InChI=1S/C9H15NS/c1-5-11-8-6-9(4,10-8)7(2)3/h2,5-6H2,1,3-4H3. The minimum Gasteiger partial charge on any atom is -0.272 e. The van der Waals surface area contributed by atoms with Crippen LogP contribution in [0.2, 0.25) is 0 Å². The zero-order valence-electron chi connectivity index (χ0n) is 7.48. The molecular weight excluding hydrogens is 154 g/mol. The number of hydrogen-bond acceptors (Lipinski definition) is 2. The van der Waals surface area contributed by atoms with E-state index in [0.29, 0.717) is 0 Å². The van der Waals surface area contributed by atoms with Crippen LogP contribution in [0.3, 0.4) is 0 Å². The van der Waals surface area contributed by atoms with Crippen LogP contribution >= 0.6 is 11.8 Å². The van der Waals surface area contributed by atoms with Crippen molar-refractivity contribution >= 4 is 16.8 Å². The maximum Gasteiger partial charge on any atom is 0.0853 e. The lowest BCUT2D eigenvalue weighted by molar-refractivity contribution is 0.536. The van der Waals surface area contributed by atoms with Crippen LogP contribution in [0.5, 0.6) is 0 Å². The fourth-order valence-electron chi connectivity index (χ4n) is 1.05. The lowest BCUT2D eigenvalue weighted by atomic mass is 9.87. The van der Waals surface area contributed by atoms with Gasteiger partial charge in [0.25, 0.3) is 0 Å². The van der Waals surface area contributed by atoms with Crippen molar-refractivity contribution in [3.63, 3.8) is 0 Å². The summed E-state index contributed by atoms with van der Waals surface area (Å²) in [6.45, 7) is 10.3. The van der Waals surface area contributed by atoms with Gasteiger partial charge in [0.15, 0.2) is 0 Å². The van der Waals surface area contributed by atoms with Crippen molar-refractivity contribution in [1.29, 1.82) is 0 Å². The van der Waals surface area contributed by atoms with Gasteiger partial charge in [-0.05, 0) is 19.6 Å². The Hall–Kier alpha value is -0.240. The summed E-state index contributed by atoms with van der Waals surface area (Å²) in [4.78, 5) is 4.52. The van der Waals surface area contributed by atoms with E-state index in [9.17, 15) is 0 Å². The van der Waals surface area contributed by atoms with Crippen LogP contribution in [0.4, 0.5) is 0 Å². The first kappa shape index (κ1) is 8.85. The highest BCUT2D eigenvalue weighted by molar-refractivity contribution is 8.14. The smallest absolute Gasteiger partial charge is 0.0853 e. The average molecular weight is 169 g/mol. The van der Waals surface area contributed by atoms with Crippen LogP contribution in [0.15, 0.2) is 17.1 Å². The molecule has 0 aromatic rings. The van der Waals surface area contributed by atoms with Crippen molar-refractivity contribution in [3.8, 4) is 0 Å². The quantitative estimate of drug-likeness (QED) is 0.579. The third kappa shape index (κ3) is 1.67. The summed E-state index contributed by atoms with van der Waals surface area (Å²) in [6, 6.07) is 0. The summed E-state index contributed by atoms with van der Waals surface area (Å²) in [7, 11) is 0. The highest BCUT2D eigenvalue weighted by Crippen LogP contribution is 2.36. The number of rotatable bonds is 2. The van der Waals surface area contributed by atoms with Crippen molar-refractivity contribution in [2.75, 3.05) is 5.75 Å². The molecule has 0 aromatic heterocycles. The van der Waals surface area contributed by atoms with E-state index in [2.05, 4.69) is 32.3 Å². The topological polar surface area (TPSA) is 12.4 Å². The molecule has 0 saturated carbocycles. The van der Waals surface area contributed by atoms with Crippen molar-refractivity contribution in [2.24, 2.45) is 4.99 Å². The first-order valence-corrected chi connectivity index (χ1v) is 4.94. The van der Waals surface area contributed by atoms with Gasteiger partial charge in [-0.1, -0.05) is 19.1 Å². The molecule has 1 aliphatic heterocycles. The Morgan fingerprint density at radius 1 is 1.82 bits per heavy atom. The predicted octanol–water partition coefficient (Wildman–Crippen LogP) is 2.88. The molecule has 1 heterocycles. The van der Waals surface area contributed by atoms with Crippen molar-refractivity contribution in [3.05, 3.63) is 12.2 Å². The van der Waals surface area contributed by atoms with Crippen molar-refractivity contribution < 1.29 is 0 Å². The molecule has 2 heteroatoms. The number of nitrogens with zero attached hydrogens (tertiary/aromatic N) is 1. The predicted molar refractivity (Wildman–Crippen MR) is 53.4 cm³/mol. The highest BCUT2D eigenvalue weighted by Gasteiger charge is 2.34. The van der Waals surface area contributed by atoms with E-state index in [-0.39, 0.29) is 5.54 Å². The summed E-state index contributed by atoms with van der Waals surface area (Å²) in [5.41, 5.74) is 1.25. The molecular formula is C9H15NS. The Morgan fingerprint density at radius 2 is 2.36 bits per heavy atom. The van der Waals surface area contributed by atoms with Gasteiger partial charge in [0.05, 0.1) is 10.6 Å². The Kier molecular flexibility index (Phi) is 2.43. The molecule has 0 radical (unpaired) electrons. The van der Waals surface area contributed by atoms with Gasteiger partial charge in [-0.3, -0.25) is 4.99 Å². The molecule has 0 bridgehead atoms. The molecule has 0 saturated heterocycles. The summed E-state index contributed by atoms with van der Waals surface area (Å²) < 4.78 is 0. The minimum atomic E-state index is 0.0670. The van der Waals surface area contributed by atoms with E-state index in [1.54, 1.807) is 0 Å². The van der Waals surface area contributed by atoms with E-state index < -0.39 is 0 Å². The third-order valence-corrected chi connectivity index (χ3v) is 2.95. The molecule has 0 amide bonds. The van der Waals surface area contributed by atoms with Crippen LogP contribution in [0, 0.1) is 0 Å². The van der Waals surface area contributed by atoms with E-state index >= 15 is 0 Å². The summed E-state index contributed by atoms with van der Waals surface area (Å²) in [5.74, 6) is 1.13. The Labute approximate surface area is 73.0 Å². The van der Waals surface area contributed by atoms with E-state index in [1.807, 2.05) is 11.8 Å². The molecule has 1 atom stereocenters. The normalized spacial score (nSPS) is 29.2. The first-order chi connectivity index (χ1) is 5.08. The lowest BCUT2D eigenvalue weighted by Gasteiger charge is -2.35. The fourth-order valence-corrected chi connectivity index (χ4v) is 2.04. The van der Waals surface area contributed by atoms with Crippen LogP contribution in [-0.2, 0) is 0 Å².